The fourth-order valence-electron chi connectivity index (χ4n) is 1.27. The van der Waals surface area contributed by atoms with Gasteiger partial charge in [-0.15, -0.1) is 0 Å². The average molecular weight is 373 g/mol. The van der Waals surface area contributed by atoms with E-state index in [1.165, 1.54) is 12.1 Å². The van der Waals surface area contributed by atoms with Crippen molar-refractivity contribution in [1.82, 2.24) is 4.98 Å². The number of benzene rings is 1. The normalized spacial score (nSPS) is 10.1. The lowest BCUT2D eigenvalue weighted by atomic mass is 10.2. The maximum Gasteiger partial charge on any atom is 0.335 e. The number of pyridine rings is 1. The van der Waals surface area contributed by atoms with Gasteiger partial charge in [-0.1, -0.05) is 0 Å². The third-order valence-corrected chi connectivity index (χ3v) is 3.37. The van der Waals surface area contributed by atoms with E-state index in [2.05, 4.69) is 36.8 Å². The van der Waals surface area contributed by atoms with Crippen LogP contribution in [0.15, 0.2) is 45.5 Å². The van der Waals surface area contributed by atoms with Gasteiger partial charge in [0.25, 0.3) is 0 Å². The van der Waals surface area contributed by atoms with Crippen molar-refractivity contribution < 1.29 is 14.6 Å². The summed E-state index contributed by atoms with van der Waals surface area (Å²) in [6.45, 7) is 0. The Morgan fingerprint density at radius 3 is 2.67 bits per heavy atom. The van der Waals surface area contributed by atoms with Crippen LogP contribution in [0.4, 0.5) is 0 Å². The van der Waals surface area contributed by atoms with E-state index < -0.39 is 5.97 Å². The molecule has 0 aliphatic carbocycles. The van der Waals surface area contributed by atoms with Crippen LogP contribution in [0.25, 0.3) is 0 Å². The van der Waals surface area contributed by atoms with Crippen molar-refractivity contribution in [2.75, 3.05) is 0 Å². The van der Waals surface area contributed by atoms with Crippen LogP contribution in [0.1, 0.15) is 10.4 Å². The Bertz CT molecular complexity index is 602. The molecule has 6 heteroatoms. The molecule has 0 saturated carbocycles. The first kappa shape index (κ1) is 13.0. The highest BCUT2D eigenvalue weighted by Crippen LogP contribution is 2.32. The minimum atomic E-state index is -1.01. The highest BCUT2D eigenvalue weighted by atomic mass is 79.9. The number of hydrogen-bond donors (Lipinski definition) is 1. The van der Waals surface area contributed by atoms with Gasteiger partial charge in [0.15, 0.2) is 0 Å². The maximum atomic E-state index is 10.9. The second kappa shape index (κ2) is 5.49. The van der Waals surface area contributed by atoms with Crippen LogP contribution in [0.3, 0.4) is 0 Å². The molecule has 0 radical (unpaired) electrons. The van der Waals surface area contributed by atoms with E-state index >= 15 is 0 Å². The largest absolute Gasteiger partial charge is 0.478 e. The smallest absolute Gasteiger partial charge is 0.335 e. The number of rotatable bonds is 3. The summed E-state index contributed by atoms with van der Waals surface area (Å²) in [7, 11) is 0. The number of carboxylic acid groups (broad SMARTS) is 1. The quantitative estimate of drug-likeness (QED) is 0.881. The van der Waals surface area contributed by atoms with Crippen LogP contribution in [-0.2, 0) is 0 Å². The number of nitrogens with zero attached hydrogens (tertiary/aromatic N) is 1. The predicted molar refractivity (Wildman–Crippen MR) is 73.1 cm³/mol. The number of aromatic nitrogens is 1. The zero-order valence-electron chi connectivity index (χ0n) is 8.93. The molecule has 0 atom stereocenters. The fourth-order valence-corrected chi connectivity index (χ4v) is 1.93. The number of hydrogen-bond acceptors (Lipinski definition) is 3. The predicted octanol–water partition coefficient (Wildman–Crippen LogP) is 4.10. The van der Waals surface area contributed by atoms with Gasteiger partial charge in [0.1, 0.15) is 5.75 Å². The van der Waals surface area contributed by atoms with Gasteiger partial charge in [-0.2, -0.15) is 0 Å². The molecule has 1 aromatic carbocycles. The molecular formula is C12H7Br2NO3. The van der Waals surface area contributed by atoms with E-state index in [-0.39, 0.29) is 5.56 Å². The molecule has 0 aliphatic rings. The Labute approximate surface area is 120 Å². The number of ether oxygens (including phenoxy) is 1. The van der Waals surface area contributed by atoms with E-state index in [0.717, 1.165) is 0 Å². The zero-order valence-corrected chi connectivity index (χ0v) is 12.1. The van der Waals surface area contributed by atoms with Crippen molar-refractivity contribution in [3.8, 4) is 11.6 Å². The number of aromatic carboxylic acids is 1. The third-order valence-electron chi connectivity index (χ3n) is 2.11. The summed E-state index contributed by atoms with van der Waals surface area (Å²) in [6, 6.07) is 8.10. The molecule has 1 N–H and O–H groups in total. The van der Waals surface area contributed by atoms with Gasteiger partial charge in [-0.25, -0.2) is 9.78 Å². The van der Waals surface area contributed by atoms with E-state index in [1.807, 2.05) is 0 Å². The highest BCUT2D eigenvalue weighted by Gasteiger charge is 2.10. The molecule has 0 saturated heterocycles. The molecular weight excluding hydrogens is 366 g/mol. The molecule has 0 unspecified atom stereocenters. The van der Waals surface area contributed by atoms with Crippen molar-refractivity contribution in [2.45, 2.75) is 0 Å². The highest BCUT2D eigenvalue weighted by molar-refractivity contribution is 9.11. The first-order valence-electron chi connectivity index (χ1n) is 4.89. The summed E-state index contributed by atoms with van der Waals surface area (Å²) < 4.78 is 6.91. The monoisotopic (exact) mass is 371 g/mol. The second-order valence-electron chi connectivity index (χ2n) is 3.34. The zero-order chi connectivity index (χ0) is 13.1. The molecule has 92 valence electrons. The molecule has 2 rings (SSSR count). The molecule has 1 heterocycles. The Hall–Kier alpha value is -1.40. The minimum Gasteiger partial charge on any atom is -0.478 e. The van der Waals surface area contributed by atoms with E-state index in [4.69, 9.17) is 9.84 Å². The maximum absolute atomic E-state index is 10.9. The molecule has 4 nitrogen and oxygen atoms in total. The molecule has 0 aliphatic heterocycles. The Morgan fingerprint density at radius 2 is 2.00 bits per heavy atom. The van der Waals surface area contributed by atoms with Gasteiger partial charge >= 0.3 is 5.97 Å². The molecule has 2 aromatic rings. The van der Waals surface area contributed by atoms with Crippen molar-refractivity contribution in [3.63, 3.8) is 0 Å². The summed E-state index contributed by atoms with van der Waals surface area (Å²) in [5, 5.41) is 8.93. The van der Waals surface area contributed by atoms with E-state index in [1.54, 1.807) is 24.4 Å². The Balaban J connectivity index is 2.37. The van der Waals surface area contributed by atoms with Crippen LogP contribution < -0.4 is 4.74 Å². The molecule has 0 bridgehead atoms. The van der Waals surface area contributed by atoms with Crippen molar-refractivity contribution in [3.05, 3.63) is 51.0 Å². The van der Waals surface area contributed by atoms with Gasteiger partial charge in [-0.05, 0) is 62.2 Å². The van der Waals surface area contributed by atoms with Crippen molar-refractivity contribution >= 4 is 37.8 Å². The lowest BCUT2D eigenvalue weighted by molar-refractivity contribution is 0.0696. The Morgan fingerprint density at radius 1 is 1.22 bits per heavy atom. The van der Waals surface area contributed by atoms with Gasteiger partial charge in [0.05, 0.1) is 14.5 Å². The summed E-state index contributed by atoms with van der Waals surface area (Å²) in [6.07, 6.45) is 1.59. The second-order valence-corrected chi connectivity index (χ2v) is 5.05. The summed E-state index contributed by atoms with van der Waals surface area (Å²) in [5.74, 6) is -0.234. The van der Waals surface area contributed by atoms with Crippen LogP contribution in [0.2, 0.25) is 0 Å². The first-order valence-corrected chi connectivity index (χ1v) is 6.48. The van der Waals surface area contributed by atoms with Crippen molar-refractivity contribution in [2.24, 2.45) is 0 Å². The van der Waals surface area contributed by atoms with E-state index in [9.17, 15) is 4.79 Å². The average Bonchev–Trinajstić information content (AvgIpc) is 2.34. The SMILES string of the molecule is O=C(O)c1ccc(Br)c(Oc2ncccc2Br)c1. The number of halogens is 2. The van der Waals surface area contributed by atoms with Gasteiger partial charge in [-0.3, -0.25) is 0 Å². The lowest BCUT2D eigenvalue weighted by Gasteiger charge is -2.08. The van der Waals surface area contributed by atoms with Gasteiger partial charge < -0.3 is 9.84 Å². The summed E-state index contributed by atoms with van der Waals surface area (Å²) in [5.41, 5.74) is 0.153. The summed E-state index contributed by atoms with van der Waals surface area (Å²) >= 11 is 6.61. The van der Waals surface area contributed by atoms with Crippen LogP contribution in [0, 0.1) is 0 Å². The van der Waals surface area contributed by atoms with Gasteiger partial charge in [0.2, 0.25) is 5.88 Å². The fraction of sp³-hybridized carbons (Fsp3) is 0. The van der Waals surface area contributed by atoms with Crippen molar-refractivity contribution in [1.29, 1.82) is 0 Å². The van der Waals surface area contributed by atoms with E-state index in [0.29, 0.717) is 20.6 Å². The van der Waals surface area contributed by atoms with Crippen LogP contribution in [-0.4, -0.2) is 16.1 Å². The Kier molecular flexibility index (Phi) is 3.98. The molecule has 18 heavy (non-hydrogen) atoms. The summed E-state index contributed by atoms with van der Waals surface area (Å²) in [4.78, 5) is 14.9. The first-order chi connectivity index (χ1) is 8.58. The lowest BCUT2D eigenvalue weighted by Crippen LogP contribution is -1.97. The molecule has 0 spiro atoms. The topological polar surface area (TPSA) is 59.4 Å². The number of carbonyl (C=O) groups is 1. The molecule has 0 amide bonds. The standard InChI is InChI=1S/C12H7Br2NO3/c13-8-4-3-7(12(16)17)6-10(8)18-11-9(14)2-1-5-15-11/h1-6H,(H,16,17). The molecule has 1 aromatic heterocycles. The molecule has 0 fully saturated rings. The van der Waals surface area contributed by atoms with Crippen LogP contribution >= 0.6 is 31.9 Å². The third kappa shape index (κ3) is 2.88. The minimum absolute atomic E-state index is 0.153. The van der Waals surface area contributed by atoms with Crippen LogP contribution in [0.5, 0.6) is 11.6 Å². The van der Waals surface area contributed by atoms with Gasteiger partial charge in [0, 0.05) is 6.20 Å². The number of carboxylic acids is 1.